The van der Waals surface area contributed by atoms with Crippen LogP contribution >= 0.6 is 0 Å². The van der Waals surface area contributed by atoms with E-state index in [0.717, 1.165) is 25.7 Å². The second kappa shape index (κ2) is 6.57. The molecule has 1 atom stereocenters. The van der Waals surface area contributed by atoms with E-state index >= 15 is 0 Å². The van der Waals surface area contributed by atoms with Crippen molar-refractivity contribution in [3.8, 4) is 5.75 Å². The van der Waals surface area contributed by atoms with Gasteiger partial charge in [0.25, 0.3) is 5.91 Å². The van der Waals surface area contributed by atoms with Crippen molar-refractivity contribution in [1.29, 1.82) is 0 Å². The smallest absolute Gasteiger partial charge is 0.260 e. The minimum Gasteiger partial charge on any atom is -0.481 e. The maximum atomic E-state index is 12.0. The maximum absolute atomic E-state index is 12.0. The Morgan fingerprint density at radius 3 is 2.53 bits per heavy atom. The molecule has 0 saturated heterocycles. The monoisotopic (exact) mass is 263 g/mol. The van der Waals surface area contributed by atoms with E-state index in [4.69, 9.17) is 4.74 Å². The first-order chi connectivity index (χ1) is 9.15. The van der Waals surface area contributed by atoms with Crippen LogP contribution in [0.1, 0.15) is 32.6 Å². The highest BCUT2D eigenvalue weighted by atomic mass is 16.5. The maximum Gasteiger partial charge on any atom is 0.260 e. The molecule has 0 aromatic heterocycles. The van der Waals surface area contributed by atoms with Crippen LogP contribution in [0.5, 0.6) is 5.75 Å². The van der Waals surface area contributed by atoms with Crippen LogP contribution in [0.25, 0.3) is 0 Å². The van der Waals surface area contributed by atoms with E-state index in [1.807, 2.05) is 30.3 Å². The molecular weight excluding hydrogens is 242 g/mol. The van der Waals surface area contributed by atoms with Crippen molar-refractivity contribution in [3.63, 3.8) is 0 Å². The average Bonchev–Trinajstić information content (AvgIpc) is 2.42. The summed E-state index contributed by atoms with van der Waals surface area (Å²) in [6.45, 7) is 1.75. The Hall–Kier alpha value is -1.55. The highest BCUT2D eigenvalue weighted by Gasteiger charge is 2.23. The third-order valence-corrected chi connectivity index (χ3v) is 3.47. The first-order valence-electron chi connectivity index (χ1n) is 6.85. The molecule has 0 heterocycles. The lowest BCUT2D eigenvalue weighted by molar-refractivity contribution is -0.128. The largest absolute Gasteiger partial charge is 0.481 e. The lowest BCUT2D eigenvalue weighted by atomic mass is 9.93. The molecule has 1 aliphatic carbocycles. The van der Waals surface area contributed by atoms with E-state index in [9.17, 15) is 9.90 Å². The number of hydrogen-bond donors (Lipinski definition) is 2. The zero-order chi connectivity index (χ0) is 13.7. The summed E-state index contributed by atoms with van der Waals surface area (Å²) in [7, 11) is 0. The van der Waals surface area contributed by atoms with Crippen LogP contribution < -0.4 is 10.1 Å². The van der Waals surface area contributed by atoms with Crippen LogP contribution in [0.4, 0.5) is 0 Å². The Morgan fingerprint density at radius 1 is 1.26 bits per heavy atom. The van der Waals surface area contributed by atoms with Crippen LogP contribution in [0.3, 0.4) is 0 Å². The zero-order valence-corrected chi connectivity index (χ0v) is 11.2. The fourth-order valence-corrected chi connectivity index (χ4v) is 2.30. The van der Waals surface area contributed by atoms with Crippen molar-refractivity contribution in [2.45, 2.75) is 50.9 Å². The number of aliphatic hydroxyl groups excluding tert-OH is 1. The summed E-state index contributed by atoms with van der Waals surface area (Å²) in [6.07, 6.45) is 2.49. The van der Waals surface area contributed by atoms with Crippen LogP contribution in [0.15, 0.2) is 30.3 Å². The number of ether oxygens (including phenoxy) is 1. The Labute approximate surface area is 113 Å². The van der Waals surface area contributed by atoms with Gasteiger partial charge in [0, 0.05) is 6.04 Å². The Balaban J connectivity index is 1.79. The topological polar surface area (TPSA) is 58.6 Å². The minimum absolute atomic E-state index is 0.0924. The first kappa shape index (κ1) is 13.9. The molecule has 4 heteroatoms. The van der Waals surface area contributed by atoms with Crippen LogP contribution in [0, 0.1) is 0 Å². The molecule has 19 heavy (non-hydrogen) atoms. The fourth-order valence-electron chi connectivity index (χ4n) is 2.30. The standard InChI is InChI=1S/C15H21NO3/c1-11(19-14-5-3-2-4-6-14)15(18)16-12-7-9-13(17)10-8-12/h2-6,11-13,17H,7-10H2,1H3,(H,16,18). The molecule has 1 aromatic carbocycles. The van der Waals surface area contributed by atoms with E-state index in [1.165, 1.54) is 0 Å². The van der Waals surface area contributed by atoms with Crippen LogP contribution in [-0.2, 0) is 4.79 Å². The van der Waals surface area contributed by atoms with E-state index in [1.54, 1.807) is 6.92 Å². The molecule has 4 nitrogen and oxygen atoms in total. The van der Waals surface area contributed by atoms with Crippen LogP contribution in [-0.4, -0.2) is 29.3 Å². The van der Waals surface area contributed by atoms with Crippen molar-refractivity contribution >= 4 is 5.91 Å². The fraction of sp³-hybridized carbons (Fsp3) is 0.533. The molecule has 1 aliphatic rings. The number of carbonyl (C=O) groups excluding carboxylic acids is 1. The van der Waals surface area contributed by atoms with Gasteiger partial charge in [-0.2, -0.15) is 0 Å². The van der Waals surface area contributed by atoms with Crippen molar-refractivity contribution in [1.82, 2.24) is 5.32 Å². The first-order valence-corrected chi connectivity index (χ1v) is 6.85. The minimum atomic E-state index is -0.505. The number of nitrogens with one attached hydrogen (secondary N) is 1. The molecule has 1 saturated carbocycles. The molecule has 1 unspecified atom stereocenters. The van der Waals surface area contributed by atoms with Crippen molar-refractivity contribution in [2.75, 3.05) is 0 Å². The predicted octanol–water partition coefficient (Wildman–Crippen LogP) is 1.87. The second-order valence-corrected chi connectivity index (χ2v) is 5.09. The molecule has 0 bridgehead atoms. The normalized spacial score (nSPS) is 24.5. The van der Waals surface area contributed by atoms with Gasteiger partial charge in [0.2, 0.25) is 0 Å². The van der Waals surface area contributed by atoms with Crippen LogP contribution in [0.2, 0.25) is 0 Å². The molecule has 1 amide bonds. The van der Waals surface area contributed by atoms with Crippen molar-refractivity contribution < 1.29 is 14.6 Å². The Bertz CT molecular complexity index is 399. The molecule has 2 rings (SSSR count). The number of hydrogen-bond acceptors (Lipinski definition) is 3. The highest BCUT2D eigenvalue weighted by molar-refractivity contribution is 5.81. The number of para-hydroxylation sites is 1. The number of aliphatic hydroxyl groups is 1. The molecule has 1 fully saturated rings. The molecule has 0 radical (unpaired) electrons. The van der Waals surface area contributed by atoms with Crippen molar-refractivity contribution in [3.05, 3.63) is 30.3 Å². The third kappa shape index (κ3) is 4.24. The second-order valence-electron chi connectivity index (χ2n) is 5.09. The lowest BCUT2D eigenvalue weighted by Gasteiger charge is -2.27. The van der Waals surface area contributed by atoms with Gasteiger partial charge in [-0.1, -0.05) is 18.2 Å². The van der Waals surface area contributed by atoms with E-state index in [0.29, 0.717) is 5.75 Å². The molecule has 0 aliphatic heterocycles. The molecule has 104 valence electrons. The van der Waals surface area contributed by atoms with Gasteiger partial charge in [-0.15, -0.1) is 0 Å². The summed E-state index contributed by atoms with van der Waals surface area (Å²) >= 11 is 0. The number of amides is 1. The summed E-state index contributed by atoms with van der Waals surface area (Å²) < 4.78 is 5.58. The quantitative estimate of drug-likeness (QED) is 0.872. The SMILES string of the molecule is CC(Oc1ccccc1)C(=O)NC1CCC(O)CC1. The molecule has 2 N–H and O–H groups in total. The van der Waals surface area contributed by atoms with E-state index in [2.05, 4.69) is 5.32 Å². The molecule has 1 aromatic rings. The number of rotatable bonds is 4. The highest BCUT2D eigenvalue weighted by Crippen LogP contribution is 2.18. The summed E-state index contributed by atoms with van der Waals surface area (Å²) in [6, 6.07) is 9.50. The Kier molecular flexibility index (Phi) is 4.80. The lowest BCUT2D eigenvalue weighted by Crippen LogP contribution is -2.44. The number of carbonyl (C=O) groups is 1. The van der Waals surface area contributed by atoms with Gasteiger partial charge in [-0.25, -0.2) is 0 Å². The van der Waals surface area contributed by atoms with Gasteiger partial charge in [-0.05, 0) is 44.7 Å². The zero-order valence-electron chi connectivity index (χ0n) is 11.2. The summed E-state index contributed by atoms with van der Waals surface area (Å²) in [5.41, 5.74) is 0. The Morgan fingerprint density at radius 2 is 1.89 bits per heavy atom. The summed E-state index contributed by atoms with van der Waals surface area (Å²) in [5, 5.41) is 12.4. The third-order valence-electron chi connectivity index (χ3n) is 3.47. The van der Waals surface area contributed by atoms with Gasteiger partial charge in [0.1, 0.15) is 5.75 Å². The van der Waals surface area contributed by atoms with Crippen molar-refractivity contribution in [2.24, 2.45) is 0 Å². The van der Waals surface area contributed by atoms with Gasteiger partial charge < -0.3 is 15.2 Å². The predicted molar refractivity (Wildman–Crippen MR) is 72.9 cm³/mol. The molecule has 0 spiro atoms. The number of benzene rings is 1. The average molecular weight is 263 g/mol. The van der Waals surface area contributed by atoms with Gasteiger partial charge in [0.15, 0.2) is 6.10 Å². The van der Waals surface area contributed by atoms with E-state index in [-0.39, 0.29) is 18.1 Å². The van der Waals surface area contributed by atoms with Gasteiger partial charge >= 0.3 is 0 Å². The summed E-state index contributed by atoms with van der Waals surface area (Å²) in [4.78, 5) is 12.0. The van der Waals surface area contributed by atoms with Gasteiger partial charge in [-0.3, -0.25) is 4.79 Å². The summed E-state index contributed by atoms with van der Waals surface area (Å²) in [5.74, 6) is 0.606. The molecular formula is C15H21NO3. The van der Waals surface area contributed by atoms with E-state index < -0.39 is 6.10 Å². The van der Waals surface area contributed by atoms with Gasteiger partial charge in [0.05, 0.1) is 6.10 Å².